The predicted molar refractivity (Wildman–Crippen MR) is 191 cm³/mol. The first-order chi connectivity index (χ1) is 22.2. The van der Waals surface area contributed by atoms with Gasteiger partial charge in [0, 0.05) is 47.6 Å². The zero-order valence-corrected chi connectivity index (χ0v) is 28.6. The van der Waals surface area contributed by atoms with Crippen LogP contribution in [0.15, 0.2) is 120 Å². The summed E-state index contributed by atoms with van der Waals surface area (Å²) in [5.74, 6) is 1.48. The number of fused-ring (bicyclic) bond motifs is 2. The van der Waals surface area contributed by atoms with Crippen molar-refractivity contribution >= 4 is 71.5 Å². The molecule has 0 atom stereocenters. The summed E-state index contributed by atoms with van der Waals surface area (Å²) in [6.07, 6.45) is 1.69. The van der Waals surface area contributed by atoms with Crippen LogP contribution in [-0.2, 0) is 6.61 Å². The number of aromatic nitrogens is 3. The van der Waals surface area contributed by atoms with Crippen LogP contribution in [0, 0.1) is 13.8 Å². The third-order valence-electron chi connectivity index (χ3n) is 7.74. The molecule has 46 heavy (non-hydrogen) atoms. The maximum atomic E-state index is 13.7. The molecule has 0 amide bonds. The molecule has 3 heterocycles. The van der Waals surface area contributed by atoms with E-state index in [-0.39, 0.29) is 5.56 Å². The number of rotatable bonds is 7. The van der Waals surface area contributed by atoms with Crippen molar-refractivity contribution in [3.8, 4) is 23.0 Å². The van der Waals surface area contributed by atoms with Crippen molar-refractivity contribution in [1.82, 2.24) is 14.2 Å². The van der Waals surface area contributed by atoms with Crippen LogP contribution in [0.25, 0.3) is 39.1 Å². The Morgan fingerprint density at radius 1 is 0.957 bits per heavy atom. The maximum absolute atomic E-state index is 13.7. The topological polar surface area (TPSA) is 74.5 Å². The Labute approximate surface area is 286 Å². The number of halogens is 3. The normalized spacial score (nSPS) is 11.7. The molecule has 10 heteroatoms. The second-order valence-corrected chi connectivity index (χ2v) is 13.0. The fourth-order valence-corrected chi connectivity index (χ4v) is 6.78. The van der Waals surface area contributed by atoms with Gasteiger partial charge in [0.05, 0.1) is 17.1 Å². The van der Waals surface area contributed by atoms with Gasteiger partial charge in [0.25, 0.3) is 5.56 Å². The van der Waals surface area contributed by atoms with Gasteiger partial charge in [-0.1, -0.05) is 61.7 Å². The van der Waals surface area contributed by atoms with Crippen molar-refractivity contribution in [2.75, 3.05) is 0 Å². The van der Waals surface area contributed by atoms with E-state index in [0.29, 0.717) is 39.7 Å². The molecule has 0 aliphatic rings. The van der Waals surface area contributed by atoms with Gasteiger partial charge in [-0.15, -0.1) is 0 Å². The van der Waals surface area contributed by atoms with Gasteiger partial charge in [-0.2, -0.15) is 9.78 Å². The SMILES string of the molecule is Cc1cc(C=Nn2c(-c3cc4cc(Cl)ccc4o3)nc3ccccc3c2=O)c(C)n1-c1ccc(OCc2ccc(Br)cc2Br)cc1. The second kappa shape index (κ2) is 12.4. The van der Waals surface area contributed by atoms with Crippen LogP contribution in [0.4, 0.5) is 0 Å². The molecule has 0 spiro atoms. The number of hydrogen-bond donors (Lipinski definition) is 0. The van der Waals surface area contributed by atoms with E-state index >= 15 is 0 Å². The number of ether oxygens (including phenoxy) is 1. The van der Waals surface area contributed by atoms with E-state index in [1.807, 2.05) is 86.6 Å². The molecule has 0 bridgehead atoms. The van der Waals surface area contributed by atoms with Crippen molar-refractivity contribution in [3.05, 3.63) is 144 Å². The fraction of sp³-hybridized carbons (Fsp3) is 0.0833. The Morgan fingerprint density at radius 3 is 2.57 bits per heavy atom. The van der Waals surface area contributed by atoms with Crippen LogP contribution in [0.2, 0.25) is 5.02 Å². The van der Waals surface area contributed by atoms with Crippen LogP contribution in [0.1, 0.15) is 22.5 Å². The molecule has 0 unspecified atom stereocenters. The highest BCUT2D eigenvalue weighted by atomic mass is 79.9. The number of para-hydroxylation sites is 1. The highest BCUT2D eigenvalue weighted by Crippen LogP contribution is 2.30. The number of aryl methyl sites for hydroxylation is 1. The molecule has 0 saturated carbocycles. The lowest BCUT2D eigenvalue weighted by atomic mass is 10.2. The summed E-state index contributed by atoms with van der Waals surface area (Å²) in [6, 6.07) is 30.4. The molecule has 0 N–H and O–H groups in total. The van der Waals surface area contributed by atoms with Crippen LogP contribution in [0.3, 0.4) is 0 Å². The highest BCUT2D eigenvalue weighted by Gasteiger charge is 2.17. The third kappa shape index (κ3) is 5.82. The number of hydrogen-bond acceptors (Lipinski definition) is 5. The number of benzene rings is 4. The monoisotopic (exact) mass is 754 g/mol. The molecular formula is C36H25Br2ClN4O3. The first-order valence-electron chi connectivity index (χ1n) is 14.4. The number of nitrogens with zero attached hydrogens (tertiary/aromatic N) is 4. The van der Waals surface area contributed by atoms with E-state index in [2.05, 4.69) is 41.5 Å². The van der Waals surface area contributed by atoms with Gasteiger partial charge in [-0.05, 0) is 92.7 Å². The van der Waals surface area contributed by atoms with Gasteiger partial charge >= 0.3 is 0 Å². The molecule has 7 rings (SSSR count). The summed E-state index contributed by atoms with van der Waals surface area (Å²) in [6.45, 7) is 4.51. The van der Waals surface area contributed by atoms with Crippen molar-refractivity contribution in [2.24, 2.45) is 5.10 Å². The molecule has 0 fully saturated rings. The molecule has 0 saturated heterocycles. The summed E-state index contributed by atoms with van der Waals surface area (Å²) in [4.78, 5) is 18.5. The Hall–Kier alpha value is -4.44. The van der Waals surface area contributed by atoms with Gasteiger partial charge in [0.1, 0.15) is 17.9 Å². The minimum absolute atomic E-state index is 0.296. The minimum atomic E-state index is -0.296. The van der Waals surface area contributed by atoms with Crippen molar-refractivity contribution < 1.29 is 9.15 Å². The molecule has 7 aromatic rings. The lowest BCUT2D eigenvalue weighted by Crippen LogP contribution is -2.20. The average Bonchev–Trinajstić information content (AvgIpc) is 3.59. The van der Waals surface area contributed by atoms with Crippen LogP contribution in [-0.4, -0.2) is 20.4 Å². The Morgan fingerprint density at radius 2 is 1.76 bits per heavy atom. The smallest absolute Gasteiger partial charge is 0.282 e. The Kier molecular flexibility index (Phi) is 8.15. The van der Waals surface area contributed by atoms with E-state index in [4.69, 9.17) is 25.7 Å². The maximum Gasteiger partial charge on any atom is 0.282 e. The van der Waals surface area contributed by atoms with Gasteiger partial charge in [0.15, 0.2) is 5.76 Å². The molecule has 3 aromatic heterocycles. The summed E-state index contributed by atoms with van der Waals surface area (Å²) in [7, 11) is 0. The highest BCUT2D eigenvalue weighted by molar-refractivity contribution is 9.11. The molecule has 0 aliphatic heterocycles. The fourth-order valence-electron chi connectivity index (χ4n) is 5.44. The van der Waals surface area contributed by atoms with Gasteiger partial charge in [0.2, 0.25) is 5.82 Å². The van der Waals surface area contributed by atoms with Crippen LogP contribution in [0.5, 0.6) is 5.75 Å². The quantitative estimate of drug-likeness (QED) is 0.152. The minimum Gasteiger partial charge on any atom is -0.489 e. The summed E-state index contributed by atoms with van der Waals surface area (Å²) in [5.41, 5.74) is 5.79. The zero-order valence-electron chi connectivity index (χ0n) is 24.7. The molecule has 4 aromatic carbocycles. The van der Waals surface area contributed by atoms with E-state index in [0.717, 1.165) is 48.3 Å². The Balaban J connectivity index is 1.21. The average molecular weight is 757 g/mol. The van der Waals surface area contributed by atoms with Gasteiger partial charge < -0.3 is 13.7 Å². The first kappa shape index (κ1) is 30.2. The van der Waals surface area contributed by atoms with Gasteiger partial charge in [-0.25, -0.2) is 4.98 Å². The molecule has 7 nitrogen and oxygen atoms in total. The van der Waals surface area contributed by atoms with Crippen molar-refractivity contribution in [1.29, 1.82) is 0 Å². The first-order valence-corrected chi connectivity index (χ1v) is 16.3. The largest absolute Gasteiger partial charge is 0.489 e. The standard InChI is InChI=1S/C36H25Br2ClN4O3/c1-21-15-25(22(2)42(21)28-10-12-29(13-11-28)45-20-23-7-8-26(37)18-31(23)38)19-40-43-35(41-32-6-4-3-5-30(32)36(43)44)34-17-24-16-27(39)9-14-33(24)46-34/h3-19H,20H2,1-2H3. The van der Waals surface area contributed by atoms with Crippen LogP contribution >= 0.6 is 43.5 Å². The lowest BCUT2D eigenvalue weighted by molar-refractivity contribution is 0.305. The molecule has 0 aliphatic carbocycles. The Bertz CT molecular complexity index is 2360. The predicted octanol–water partition coefficient (Wildman–Crippen LogP) is 9.86. The molecule has 0 radical (unpaired) electrons. The summed E-state index contributed by atoms with van der Waals surface area (Å²) in [5, 5.41) is 6.53. The van der Waals surface area contributed by atoms with Crippen molar-refractivity contribution in [3.63, 3.8) is 0 Å². The lowest BCUT2D eigenvalue weighted by Gasteiger charge is -2.12. The number of furan rings is 1. The molecular weight excluding hydrogens is 732 g/mol. The van der Waals surface area contributed by atoms with E-state index in [1.54, 1.807) is 30.5 Å². The molecule has 228 valence electrons. The van der Waals surface area contributed by atoms with E-state index in [1.165, 1.54) is 4.68 Å². The van der Waals surface area contributed by atoms with E-state index in [9.17, 15) is 4.79 Å². The summed E-state index contributed by atoms with van der Waals surface area (Å²) >= 11 is 13.3. The van der Waals surface area contributed by atoms with Gasteiger partial charge in [-0.3, -0.25) is 4.79 Å². The van der Waals surface area contributed by atoms with E-state index < -0.39 is 0 Å². The zero-order chi connectivity index (χ0) is 31.9. The third-order valence-corrected chi connectivity index (χ3v) is 9.21. The van der Waals surface area contributed by atoms with Crippen LogP contribution < -0.4 is 10.3 Å². The summed E-state index contributed by atoms with van der Waals surface area (Å²) < 4.78 is 17.6. The van der Waals surface area contributed by atoms with Crippen molar-refractivity contribution in [2.45, 2.75) is 20.5 Å². The second-order valence-electron chi connectivity index (χ2n) is 10.8.